The zero-order valence-electron chi connectivity index (χ0n) is 15.1. The van der Waals surface area contributed by atoms with Crippen molar-refractivity contribution in [1.82, 2.24) is 19.8 Å². The highest BCUT2D eigenvalue weighted by atomic mass is 16.5. The lowest BCUT2D eigenvalue weighted by atomic mass is 10.0. The smallest absolute Gasteiger partial charge is 0.317 e. The van der Waals surface area contributed by atoms with Crippen molar-refractivity contribution in [3.63, 3.8) is 0 Å². The Morgan fingerprint density at radius 3 is 2.87 bits per heavy atom. The third-order valence-corrected chi connectivity index (χ3v) is 4.18. The van der Waals surface area contributed by atoms with Crippen molar-refractivity contribution in [1.29, 1.82) is 0 Å². The van der Waals surface area contributed by atoms with Crippen molar-refractivity contribution in [2.24, 2.45) is 5.92 Å². The van der Waals surface area contributed by atoms with E-state index in [1.807, 2.05) is 31.9 Å². The van der Waals surface area contributed by atoms with Crippen molar-refractivity contribution in [3.8, 4) is 0 Å². The zero-order chi connectivity index (χ0) is 17.0. The molecular formula is C17H30N4O2. The number of aryl methyl sites for hydroxylation is 1. The second kappa shape index (κ2) is 7.34. The first-order valence-electron chi connectivity index (χ1n) is 8.37. The molecule has 2 rings (SSSR count). The van der Waals surface area contributed by atoms with Gasteiger partial charge in [0, 0.05) is 50.6 Å². The number of carbonyl (C=O) groups excluding carboxylic acids is 1. The molecule has 1 aromatic heterocycles. The van der Waals surface area contributed by atoms with E-state index in [0.717, 1.165) is 44.0 Å². The summed E-state index contributed by atoms with van der Waals surface area (Å²) in [5, 5.41) is 3.04. The highest BCUT2D eigenvalue weighted by Crippen LogP contribution is 2.21. The van der Waals surface area contributed by atoms with E-state index in [1.54, 1.807) is 7.11 Å². The summed E-state index contributed by atoms with van der Waals surface area (Å²) >= 11 is 0. The molecule has 0 saturated carbocycles. The van der Waals surface area contributed by atoms with Crippen molar-refractivity contribution >= 4 is 6.03 Å². The fourth-order valence-corrected chi connectivity index (χ4v) is 3.00. The summed E-state index contributed by atoms with van der Waals surface area (Å²) in [5.41, 5.74) is 0.972. The summed E-state index contributed by atoms with van der Waals surface area (Å²) in [6.07, 6.45) is 3.87. The predicted octanol–water partition coefficient (Wildman–Crippen LogP) is 2.21. The largest absolute Gasteiger partial charge is 0.383 e. The van der Waals surface area contributed by atoms with Gasteiger partial charge in [0.2, 0.25) is 0 Å². The van der Waals surface area contributed by atoms with E-state index in [9.17, 15) is 4.79 Å². The second-order valence-electron chi connectivity index (χ2n) is 7.45. The fraction of sp³-hybridized carbons (Fsp3) is 0.765. The second-order valence-corrected chi connectivity index (χ2v) is 7.45. The number of amides is 2. The van der Waals surface area contributed by atoms with Crippen LogP contribution < -0.4 is 5.32 Å². The molecule has 130 valence electrons. The Hall–Kier alpha value is -1.56. The first kappa shape index (κ1) is 17.8. The normalized spacial score (nSPS) is 18.5. The lowest BCUT2D eigenvalue weighted by Crippen LogP contribution is -2.47. The lowest BCUT2D eigenvalue weighted by molar-refractivity contribution is 0.185. The number of ether oxygens (including phenoxy) is 1. The van der Waals surface area contributed by atoms with Crippen LogP contribution in [0, 0.1) is 12.8 Å². The number of nitrogens with one attached hydrogen (secondary N) is 1. The minimum absolute atomic E-state index is 0.0407. The number of hydrogen-bond acceptors (Lipinski definition) is 3. The Morgan fingerprint density at radius 1 is 1.48 bits per heavy atom. The molecule has 0 aromatic carbocycles. The Labute approximate surface area is 139 Å². The van der Waals surface area contributed by atoms with Crippen LogP contribution in [0.15, 0.2) is 6.20 Å². The van der Waals surface area contributed by atoms with Crippen LogP contribution in [0.25, 0.3) is 0 Å². The van der Waals surface area contributed by atoms with Crippen LogP contribution in [0.5, 0.6) is 0 Å². The third-order valence-electron chi connectivity index (χ3n) is 4.18. The average molecular weight is 322 g/mol. The van der Waals surface area contributed by atoms with Crippen LogP contribution in [0.2, 0.25) is 0 Å². The van der Waals surface area contributed by atoms with Gasteiger partial charge in [-0.3, -0.25) is 0 Å². The van der Waals surface area contributed by atoms with E-state index in [1.165, 1.54) is 0 Å². The zero-order valence-corrected chi connectivity index (χ0v) is 15.1. The molecule has 2 amide bonds. The van der Waals surface area contributed by atoms with Crippen molar-refractivity contribution in [2.45, 2.75) is 52.6 Å². The maximum absolute atomic E-state index is 12.2. The van der Waals surface area contributed by atoms with Gasteiger partial charge in [-0.2, -0.15) is 0 Å². The van der Waals surface area contributed by atoms with Crippen LogP contribution in [-0.4, -0.2) is 52.8 Å². The molecule has 1 N–H and O–H groups in total. The van der Waals surface area contributed by atoms with E-state index >= 15 is 0 Å². The third kappa shape index (κ3) is 4.96. The van der Waals surface area contributed by atoms with Crippen molar-refractivity contribution < 1.29 is 9.53 Å². The number of nitrogens with zero attached hydrogens (tertiary/aromatic N) is 3. The highest BCUT2D eigenvalue weighted by molar-refractivity contribution is 5.75. The van der Waals surface area contributed by atoms with Gasteiger partial charge in [0.05, 0.1) is 6.61 Å². The molecule has 0 spiro atoms. The Kier molecular flexibility index (Phi) is 5.68. The maximum Gasteiger partial charge on any atom is 0.317 e. The number of urea groups is 1. The molecule has 23 heavy (non-hydrogen) atoms. The summed E-state index contributed by atoms with van der Waals surface area (Å²) in [6.45, 7) is 11.2. The topological polar surface area (TPSA) is 59.4 Å². The van der Waals surface area contributed by atoms with Crippen LogP contribution in [0.1, 0.15) is 38.7 Å². The van der Waals surface area contributed by atoms with Gasteiger partial charge in [0.25, 0.3) is 0 Å². The minimum Gasteiger partial charge on any atom is -0.383 e. The minimum atomic E-state index is -0.192. The van der Waals surface area contributed by atoms with Gasteiger partial charge in [-0.25, -0.2) is 9.78 Å². The summed E-state index contributed by atoms with van der Waals surface area (Å²) in [4.78, 5) is 18.7. The molecule has 0 aliphatic carbocycles. The first-order chi connectivity index (χ1) is 10.8. The van der Waals surface area contributed by atoms with E-state index < -0.39 is 0 Å². The van der Waals surface area contributed by atoms with Gasteiger partial charge in [0.15, 0.2) is 0 Å². The number of hydrogen-bond donors (Lipinski definition) is 1. The van der Waals surface area contributed by atoms with Gasteiger partial charge in [0.1, 0.15) is 5.82 Å². The molecule has 1 aliphatic heterocycles. The SMILES string of the molecule is COCCn1c(C)cnc1CC1CCN(C(=O)NC(C)(C)C)C1. The maximum atomic E-state index is 12.2. The molecule has 1 unspecified atom stereocenters. The van der Waals surface area contributed by atoms with Gasteiger partial charge in [-0.1, -0.05) is 0 Å². The molecular weight excluding hydrogens is 292 g/mol. The van der Waals surface area contributed by atoms with Crippen LogP contribution >= 0.6 is 0 Å². The lowest BCUT2D eigenvalue weighted by Gasteiger charge is -2.25. The van der Waals surface area contributed by atoms with Crippen LogP contribution in [0.4, 0.5) is 4.79 Å². The summed E-state index contributed by atoms with van der Waals surface area (Å²) in [5.74, 6) is 1.58. The molecule has 1 aromatic rings. The Morgan fingerprint density at radius 2 is 2.22 bits per heavy atom. The molecule has 2 heterocycles. The molecule has 0 bridgehead atoms. The van der Waals surface area contributed by atoms with Crippen molar-refractivity contribution in [3.05, 3.63) is 17.7 Å². The monoisotopic (exact) mass is 322 g/mol. The molecule has 1 fully saturated rings. The molecule has 6 heteroatoms. The number of carbonyl (C=O) groups is 1. The standard InChI is InChI=1S/C17H30N4O2/c1-13-11-18-15(21(13)8-9-23-5)10-14-6-7-20(12-14)16(22)19-17(2,3)4/h11,14H,6-10,12H2,1-5H3,(H,19,22). The van der Waals surface area contributed by atoms with Gasteiger partial charge >= 0.3 is 6.03 Å². The Balaban J connectivity index is 1.92. The summed E-state index contributed by atoms with van der Waals surface area (Å²) in [6, 6.07) is 0.0407. The van der Waals surface area contributed by atoms with E-state index in [4.69, 9.17) is 4.74 Å². The number of methoxy groups -OCH3 is 1. The summed E-state index contributed by atoms with van der Waals surface area (Å²) in [7, 11) is 1.72. The van der Waals surface area contributed by atoms with Gasteiger partial charge in [-0.05, 0) is 40.0 Å². The molecule has 1 atom stereocenters. The quantitative estimate of drug-likeness (QED) is 0.904. The average Bonchev–Trinajstić information content (AvgIpc) is 3.03. The molecule has 1 aliphatic rings. The van der Waals surface area contributed by atoms with Gasteiger partial charge in [-0.15, -0.1) is 0 Å². The van der Waals surface area contributed by atoms with Crippen LogP contribution in [-0.2, 0) is 17.7 Å². The molecule has 6 nitrogen and oxygen atoms in total. The highest BCUT2D eigenvalue weighted by Gasteiger charge is 2.29. The summed E-state index contributed by atoms with van der Waals surface area (Å²) < 4.78 is 7.40. The fourth-order valence-electron chi connectivity index (χ4n) is 3.00. The van der Waals surface area contributed by atoms with Gasteiger partial charge < -0.3 is 19.5 Å². The number of aromatic nitrogens is 2. The van der Waals surface area contributed by atoms with Crippen molar-refractivity contribution in [2.75, 3.05) is 26.8 Å². The van der Waals surface area contributed by atoms with E-state index in [-0.39, 0.29) is 11.6 Å². The van der Waals surface area contributed by atoms with E-state index in [2.05, 4.69) is 21.8 Å². The number of imidazole rings is 1. The predicted molar refractivity (Wildman–Crippen MR) is 90.5 cm³/mol. The van der Waals surface area contributed by atoms with E-state index in [0.29, 0.717) is 12.5 Å². The first-order valence-corrected chi connectivity index (χ1v) is 8.37. The molecule has 0 radical (unpaired) electrons. The number of rotatable bonds is 5. The molecule has 1 saturated heterocycles. The Bertz CT molecular complexity index is 533. The van der Waals surface area contributed by atoms with Crippen LogP contribution in [0.3, 0.4) is 0 Å². The number of likely N-dealkylation sites (tertiary alicyclic amines) is 1.